The standard InChI is InChI=1S/C20H29N3O2/c1-14-11-22(12-15-5-3-2-4-6-15)13-19(14)21-20(25)23-16-7-8-17(23)10-18(24)9-16/h2-6,14,16-19,24H,7-13H2,1H3,(H,21,25)/t14-,16+,17+,19-/m1/s1. The average molecular weight is 343 g/mol. The van der Waals surface area contributed by atoms with E-state index in [1.54, 1.807) is 0 Å². The number of amides is 2. The Labute approximate surface area is 150 Å². The molecular weight excluding hydrogens is 314 g/mol. The van der Waals surface area contributed by atoms with E-state index < -0.39 is 0 Å². The van der Waals surface area contributed by atoms with Gasteiger partial charge in [-0.25, -0.2) is 4.79 Å². The topological polar surface area (TPSA) is 55.8 Å². The van der Waals surface area contributed by atoms with Crippen molar-refractivity contribution in [3.63, 3.8) is 0 Å². The van der Waals surface area contributed by atoms with Gasteiger partial charge in [0.2, 0.25) is 0 Å². The summed E-state index contributed by atoms with van der Waals surface area (Å²) < 4.78 is 0. The molecule has 136 valence electrons. The van der Waals surface area contributed by atoms with Gasteiger partial charge in [0.1, 0.15) is 0 Å². The van der Waals surface area contributed by atoms with Crippen molar-refractivity contribution >= 4 is 6.03 Å². The summed E-state index contributed by atoms with van der Waals surface area (Å²) in [5.74, 6) is 0.459. The summed E-state index contributed by atoms with van der Waals surface area (Å²) in [6, 6.07) is 11.3. The minimum absolute atomic E-state index is 0.0813. The molecule has 1 aromatic rings. The van der Waals surface area contributed by atoms with E-state index >= 15 is 0 Å². The number of likely N-dealkylation sites (tertiary alicyclic amines) is 1. The first-order valence-corrected chi connectivity index (χ1v) is 9.63. The molecule has 3 saturated heterocycles. The van der Waals surface area contributed by atoms with Crippen LogP contribution in [0.1, 0.15) is 38.2 Å². The lowest BCUT2D eigenvalue weighted by Gasteiger charge is -2.38. The van der Waals surface area contributed by atoms with Gasteiger partial charge in [-0.1, -0.05) is 37.3 Å². The van der Waals surface area contributed by atoms with Crippen molar-refractivity contribution in [3.8, 4) is 0 Å². The monoisotopic (exact) mass is 343 g/mol. The quantitative estimate of drug-likeness (QED) is 0.885. The third-order valence-electron chi connectivity index (χ3n) is 6.19. The Kier molecular flexibility index (Phi) is 4.69. The molecule has 3 aliphatic heterocycles. The van der Waals surface area contributed by atoms with Crippen molar-refractivity contribution in [2.45, 2.75) is 63.4 Å². The van der Waals surface area contributed by atoms with Crippen LogP contribution in [0, 0.1) is 5.92 Å². The van der Waals surface area contributed by atoms with Crippen molar-refractivity contribution in [3.05, 3.63) is 35.9 Å². The zero-order valence-electron chi connectivity index (χ0n) is 15.0. The Morgan fingerprint density at radius 2 is 1.84 bits per heavy atom. The van der Waals surface area contributed by atoms with E-state index in [9.17, 15) is 9.90 Å². The van der Waals surface area contributed by atoms with Crippen molar-refractivity contribution in [1.82, 2.24) is 15.1 Å². The Morgan fingerprint density at radius 3 is 2.52 bits per heavy atom. The summed E-state index contributed by atoms with van der Waals surface area (Å²) in [4.78, 5) is 17.3. The predicted molar refractivity (Wildman–Crippen MR) is 97.1 cm³/mol. The molecule has 3 aliphatic rings. The fraction of sp³-hybridized carbons (Fsp3) is 0.650. The van der Waals surface area contributed by atoms with Crippen LogP contribution in [-0.2, 0) is 6.54 Å². The van der Waals surface area contributed by atoms with Gasteiger partial charge < -0.3 is 15.3 Å². The molecule has 4 rings (SSSR count). The number of hydrogen-bond donors (Lipinski definition) is 2. The lowest BCUT2D eigenvalue weighted by molar-refractivity contribution is 0.0532. The van der Waals surface area contributed by atoms with Crippen LogP contribution < -0.4 is 5.32 Å². The van der Waals surface area contributed by atoms with Crippen molar-refractivity contribution < 1.29 is 9.90 Å². The number of benzene rings is 1. The number of piperidine rings is 1. The molecule has 25 heavy (non-hydrogen) atoms. The van der Waals surface area contributed by atoms with E-state index in [1.807, 2.05) is 11.0 Å². The SMILES string of the molecule is C[C@@H]1CN(Cc2ccccc2)C[C@H]1NC(=O)N1[C@H]2CC[C@H]1CC(O)C2. The molecule has 0 aliphatic carbocycles. The van der Waals surface area contributed by atoms with E-state index in [4.69, 9.17) is 0 Å². The highest BCUT2D eigenvalue weighted by Gasteiger charge is 2.43. The third kappa shape index (κ3) is 3.53. The van der Waals surface area contributed by atoms with Gasteiger partial charge in [0, 0.05) is 37.8 Å². The smallest absolute Gasteiger partial charge is 0.318 e. The van der Waals surface area contributed by atoms with Crippen molar-refractivity contribution in [2.75, 3.05) is 13.1 Å². The molecule has 4 atom stereocenters. The maximum Gasteiger partial charge on any atom is 0.318 e. The van der Waals surface area contributed by atoms with Crippen LogP contribution in [-0.4, -0.2) is 58.3 Å². The molecule has 1 aromatic carbocycles. The Balaban J connectivity index is 1.34. The number of nitrogens with one attached hydrogen (secondary N) is 1. The zero-order chi connectivity index (χ0) is 17.4. The second-order valence-corrected chi connectivity index (χ2v) is 8.13. The molecule has 2 amide bonds. The van der Waals surface area contributed by atoms with Crippen LogP contribution in [0.15, 0.2) is 30.3 Å². The molecule has 3 fully saturated rings. The number of carbonyl (C=O) groups is 1. The minimum atomic E-state index is -0.228. The highest BCUT2D eigenvalue weighted by Crippen LogP contribution is 2.35. The van der Waals surface area contributed by atoms with Gasteiger partial charge in [-0.15, -0.1) is 0 Å². The van der Waals surface area contributed by atoms with E-state index in [0.29, 0.717) is 5.92 Å². The van der Waals surface area contributed by atoms with Gasteiger partial charge in [0.15, 0.2) is 0 Å². The van der Waals surface area contributed by atoms with Gasteiger partial charge in [0.25, 0.3) is 0 Å². The summed E-state index contributed by atoms with van der Waals surface area (Å²) in [5.41, 5.74) is 1.32. The molecule has 5 nitrogen and oxygen atoms in total. The van der Waals surface area contributed by atoms with Crippen LogP contribution in [0.5, 0.6) is 0 Å². The fourth-order valence-electron chi connectivity index (χ4n) is 4.94. The Bertz CT molecular complexity index is 594. The Morgan fingerprint density at radius 1 is 1.16 bits per heavy atom. The van der Waals surface area contributed by atoms with Gasteiger partial charge in [-0.05, 0) is 37.2 Å². The van der Waals surface area contributed by atoms with E-state index in [1.165, 1.54) is 5.56 Å². The van der Waals surface area contributed by atoms with Crippen LogP contribution >= 0.6 is 0 Å². The van der Waals surface area contributed by atoms with E-state index in [0.717, 1.165) is 45.3 Å². The molecule has 0 radical (unpaired) electrons. The summed E-state index contributed by atoms with van der Waals surface area (Å²) in [6.45, 7) is 5.10. The number of rotatable bonds is 3. The highest BCUT2D eigenvalue weighted by atomic mass is 16.3. The summed E-state index contributed by atoms with van der Waals surface area (Å²) in [5, 5.41) is 13.2. The average Bonchev–Trinajstić information content (AvgIpc) is 3.06. The van der Waals surface area contributed by atoms with Gasteiger partial charge in [-0.2, -0.15) is 0 Å². The molecular formula is C20H29N3O2. The molecule has 5 heteroatoms. The molecule has 0 aromatic heterocycles. The molecule has 0 saturated carbocycles. The van der Waals surface area contributed by atoms with Crippen molar-refractivity contribution in [1.29, 1.82) is 0 Å². The van der Waals surface area contributed by atoms with Crippen LogP contribution in [0.4, 0.5) is 4.79 Å². The molecule has 2 bridgehead atoms. The number of aliphatic hydroxyl groups is 1. The van der Waals surface area contributed by atoms with E-state index in [-0.39, 0.29) is 30.3 Å². The number of urea groups is 1. The molecule has 0 spiro atoms. The first-order chi connectivity index (χ1) is 12.1. The van der Waals surface area contributed by atoms with Crippen molar-refractivity contribution in [2.24, 2.45) is 5.92 Å². The second-order valence-electron chi connectivity index (χ2n) is 8.13. The molecule has 0 unspecified atom stereocenters. The summed E-state index contributed by atoms with van der Waals surface area (Å²) in [7, 11) is 0. The van der Waals surface area contributed by atoms with Gasteiger partial charge in [-0.3, -0.25) is 4.90 Å². The number of hydrogen-bond acceptors (Lipinski definition) is 3. The second kappa shape index (κ2) is 6.96. The van der Waals surface area contributed by atoms with Gasteiger partial charge in [0.05, 0.1) is 6.10 Å². The fourth-order valence-corrected chi connectivity index (χ4v) is 4.94. The minimum Gasteiger partial charge on any atom is -0.393 e. The van der Waals surface area contributed by atoms with E-state index in [2.05, 4.69) is 41.4 Å². The highest BCUT2D eigenvalue weighted by molar-refractivity contribution is 5.76. The first-order valence-electron chi connectivity index (χ1n) is 9.63. The zero-order valence-corrected chi connectivity index (χ0v) is 15.0. The summed E-state index contributed by atoms with van der Waals surface area (Å²) >= 11 is 0. The molecule has 2 N–H and O–H groups in total. The van der Waals surface area contributed by atoms with Crippen LogP contribution in [0.3, 0.4) is 0 Å². The van der Waals surface area contributed by atoms with Gasteiger partial charge >= 0.3 is 6.03 Å². The third-order valence-corrected chi connectivity index (χ3v) is 6.19. The predicted octanol–water partition coefficient (Wildman–Crippen LogP) is 2.20. The van der Waals surface area contributed by atoms with Crippen LogP contribution in [0.25, 0.3) is 0 Å². The lowest BCUT2D eigenvalue weighted by Crippen LogP contribution is -2.55. The maximum absolute atomic E-state index is 12.8. The Hall–Kier alpha value is -1.59. The number of aliphatic hydroxyl groups excluding tert-OH is 1. The molecule has 3 heterocycles. The maximum atomic E-state index is 12.8. The number of fused-ring (bicyclic) bond motifs is 2. The lowest BCUT2D eigenvalue weighted by atomic mass is 10.0. The largest absolute Gasteiger partial charge is 0.393 e. The summed E-state index contributed by atoms with van der Waals surface area (Å²) in [6.07, 6.45) is 3.33. The first kappa shape index (κ1) is 16.9. The van der Waals surface area contributed by atoms with Crippen LogP contribution in [0.2, 0.25) is 0 Å². The number of nitrogens with zero attached hydrogens (tertiary/aromatic N) is 2. The normalized spacial score (nSPS) is 35.1. The number of carbonyl (C=O) groups excluding carboxylic acids is 1.